The fourth-order valence-corrected chi connectivity index (χ4v) is 2.41. The molecule has 2 rings (SSSR count). The number of carbonyl (C=O) groups excluding carboxylic acids is 1. The average molecular weight is 316 g/mol. The van der Waals surface area contributed by atoms with Crippen molar-refractivity contribution in [3.05, 3.63) is 56.4 Å². The summed E-state index contributed by atoms with van der Waals surface area (Å²) in [6.45, 7) is 6.93. The third kappa shape index (κ3) is 3.26. The number of benzene rings is 1. The van der Waals surface area contributed by atoms with E-state index < -0.39 is 11.7 Å². The number of nitrogens with zero attached hydrogens (tertiary/aromatic N) is 2. The summed E-state index contributed by atoms with van der Waals surface area (Å²) >= 11 is 0. The SMILES string of the molecule is CCn1c(=O)c(-c2cccc(C)c2C)cn(COC(C)=O)c1=O. The second-order valence-electron chi connectivity index (χ2n) is 5.36. The Kier molecular flexibility index (Phi) is 4.83. The zero-order valence-corrected chi connectivity index (χ0v) is 13.8. The number of ether oxygens (including phenoxy) is 1. The molecule has 0 N–H and O–H groups in total. The van der Waals surface area contributed by atoms with E-state index in [0.29, 0.717) is 5.56 Å². The summed E-state index contributed by atoms with van der Waals surface area (Å²) in [5.41, 5.74) is 2.39. The van der Waals surface area contributed by atoms with Crippen LogP contribution >= 0.6 is 0 Å². The van der Waals surface area contributed by atoms with Gasteiger partial charge >= 0.3 is 11.7 Å². The predicted octanol–water partition coefficient (Wildman–Crippen LogP) is 1.83. The molecule has 0 aliphatic carbocycles. The standard InChI is InChI=1S/C17H20N2O4/c1-5-19-16(21)15(14-8-6-7-11(2)12(14)3)9-18(17(19)22)10-23-13(4)20/h6-9H,5,10H2,1-4H3. The fourth-order valence-electron chi connectivity index (χ4n) is 2.41. The van der Waals surface area contributed by atoms with Crippen LogP contribution in [-0.2, 0) is 22.8 Å². The van der Waals surface area contributed by atoms with Crippen molar-refractivity contribution in [3.63, 3.8) is 0 Å². The van der Waals surface area contributed by atoms with Gasteiger partial charge in [-0.2, -0.15) is 0 Å². The molecule has 0 spiro atoms. The largest absolute Gasteiger partial charge is 0.444 e. The van der Waals surface area contributed by atoms with Gasteiger partial charge in [-0.3, -0.25) is 18.7 Å². The normalized spacial score (nSPS) is 10.6. The summed E-state index contributed by atoms with van der Waals surface area (Å²) in [7, 11) is 0. The fraction of sp³-hybridized carbons (Fsp3) is 0.353. The molecule has 0 fully saturated rings. The highest BCUT2D eigenvalue weighted by Gasteiger charge is 2.14. The number of rotatable bonds is 4. The number of hydrogen-bond acceptors (Lipinski definition) is 4. The minimum absolute atomic E-state index is 0.216. The molecule has 1 heterocycles. The lowest BCUT2D eigenvalue weighted by molar-refractivity contribution is -0.144. The molecule has 23 heavy (non-hydrogen) atoms. The van der Waals surface area contributed by atoms with E-state index in [9.17, 15) is 14.4 Å². The Morgan fingerprint density at radius 1 is 1.17 bits per heavy atom. The Hall–Kier alpha value is -2.63. The van der Waals surface area contributed by atoms with Crippen LogP contribution in [0.3, 0.4) is 0 Å². The highest BCUT2D eigenvalue weighted by molar-refractivity contribution is 5.67. The van der Waals surface area contributed by atoms with Crippen LogP contribution in [0.15, 0.2) is 34.0 Å². The van der Waals surface area contributed by atoms with Crippen LogP contribution in [0.4, 0.5) is 0 Å². The molecule has 1 aromatic carbocycles. The Balaban J connectivity index is 2.71. The molecule has 0 amide bonds. The number of carbonyl (C=O) groups is 1. The van der Waals surface area contributed by atoms with E-state index in [1.165, 1.54) is 17.7 Å². The number of esters is 1. The van der Waals surface area contributed by atoms with Crippen molar-refractivity contribution in [1.82, 2.24) is 9.13 Å². The molecular formula is C17H20N2O4. The minimum Gasteiger partial charge on any atom is -0.444 e. The zero-order valence-electron chi connectivity index (χ0n) is 13.8. The molecular weight excluding hydrogens is 296 g/mol. The zero-order chi connectivity index (χ0) is 17.1. The third-order valence-electron chi connectivity index (χ3n) is 3.86. The van der Waals surface area contributed by atoms with Gasteiger partial charge in [0.15, 0.2) is 6.73 Å². The van der Waals surface area contributed by atoms with Crippen molar-refractivity contribution in [2.45, 2.75) is 41.0 Å². The van der Waals surface area contributed by atoms with Gasteiger partial charge in [-0.05, 0) is 37.5 Å². The number of aryl methyl sites for hydroxylation is 1. The van der Waals surface area contributed by atoms with Gasteiger partial charge in [0.05, 0.1) is 5.56 Å². The maximum Gasteiger partial charge on any atom is 0.333 e. The number of hydrogen-bond donors (Lipinski definition) is 0. The van der Waals surface area contributed by atoms with Crippen LogP contribution in [0, 0.1) is 13.8 Å². The smallest absolute Gasteiger partial charge is 0.333 e. The highest BCUT2D eigenvalue weighted by atomic mass is 16.5. The van der Waals surface area contributed by atoms with Crippen molar-refractivity contribution < 1.29 is 9.53 Å². The van der Waals surface area contributed by atoms with Crippen LogP contribution in [-0.4, -0.2) is 15.1 Å². The van der Waals surface area contributed by atoms with Crippen molar-refractivity contribution in [2.75, 3.05) is 0 Å². The molecule has 0 atom stereocenters. The summed E-state index contributed by atoms with van der Waals surface area (Å²) < 4.78 is 7.28. The van der Waals surface area contributed by atoms with Crippen molar-refractivity contribution in [2.24, 2.45) is 0 Å². The molecule has 0 saturated heterocycles. The van der Waals surface area contributed by atoms with E-state index in [1.807, 2.05) is 32.0 Å². The Morgan fingerprint density at radius 2 is 1.87 bits per heavy atom. The molecule has 1 aromatic heterocycles. The Bertz CT molecular complexity index is 862. The predicted molar refractivity (Wildman–Crippen MR) is 87.3 cm³/mol. The second kappa shape index (κ2) is 6.64. The van der Waals surface area contributed by atoms with E-state index in [2.05, 4.69) is 0 Å². The first-order chi connectivity index (χ1) is 10.9. The monoisotopic (exact) mass is 316 g/mol. The van der Waals surface area contributed by atoms with E-state index in [-0.39, 0.29) is 18.8 Å². The molecule has 6 nitrogen and oxygen atoms in total. The van der Waals surface area contributed by atoms with Gasteiger partial charge in [-0.25, -0.2) is 4.79 Å². The highest BCUT2D eigenvalue weighted by Crippen LogP contribution is 2.22. The van der Waals surface area contributed by atoms with E-state index in [0.717, 1.165) is 21.3 Å². The second-order valence-corrected chi connectivity index (χ2v) is 5.36. The average Bonchev–Trinajstić information content (AvgIpc) is 2.50. The molecule has 0 aliphatic heterocycles. The van der Waals surface area contributed by atoms with Gasteiger partial charge < -0.3 is 4.74 Å². The van der Waals surface area contributed by atoms with Gasteiger partial charge in [-0.15, -0.1) is 0 Å². The lowest BCUT2D eigenvalue weighted by atomic mass is 9.99. The lowest BCUT2D eigenvalue weighted by Gasteiger charge is -2.14. The molecule has 122 valence electrons. The summed E-state index contributed by atoms with van der Waals surface area (Å²) in [6, 6.07) is 5.68. The van der Waals surface area contributed by atoms with Crippen LogP contribution in [0.2, 0.25) is 0 Å². The summed E-state index contributed by atoms with van der Waals surface area (Å²) in [5, 5.41) is 0. The summed E-state index contributed by atoms with van der Waals surface area (Å²) in [6.07, 6.45) is 1.46. The molecule has 0 bridgehead atoms. The lowest BCUT2D eigenvalue weighted by Crippen LogP contribution is -2.40. The molecule has 0 saturated carbocycles. The van der Waals surface area contributed by atoms with Crippen LogP contribution in [0.5, 0.6) is 0 Å². The van der Waals surface area contributed by atoms with Gasteiger partial charge in [-0.1, -0.05) is 18.2 Å². The van der Waals surface area contributed by atoms with Crippen LogP contribution < -0.4 is 11.2 Å². The van der Waals surface area contributed by atoms with Gasteiger partial charge in [0.1, 0.15) is 0 Å². The van der Waals surface area contributed by atoms with E-state index >= 15 is 0 Å². The van der Waals surface area contributed by atoms with Crippen molar-refractivity contribution in [1.29, 1.82) is 0 Å². The van der Waals surface area contributed by atoms with Gasteiger partial charge in [0, 0.05) is 19.7 Å². The molecule has 6 heteroatoms. The maximum atomic E-state index is 12.6. The van der Waals surface area contributed by atoms with Crippen LogP contribution in [0.1, 0.15) is 25.0 Å². The molecule has 2 aromatic rings. The topological polar surface area (TPSA) is 70.3 Å². The Morgan fingerprint density at radius 3 is 2.48 bits per heavy atom. The summed E-state index contributed by atoms with van der Waals surface area (Å²) in [4.78, 5) is 35.9. The maximum absolute atomic E-state index is 12.6. The van der Waals surface area contributed by atoms with Crippen molar-refractivity contribution in [3.8, 4) is 11.1 Å². The van der Waals surface area contributed by atoms with Crippen LogP contribution in [0.25, 0.3) is 11.1 Å². The van der Waals surface area contributed by atoms with Gasteiger partial charge in [0.25, 0.3) is 5.56 Å². The minimum atomic E-state index is -0.493. The molecule has 0 radical (unpaired) electrons. The third-order valence-corrected chi connectivity index (χ3v) is 3.86. The first-order valence-electron chi connectivity index (χ1n) is 7.41. The summed E-state index contributed by atoms with van der Waals surface area (Å²) in [5.74, 6) is -0.487. The van der Waals surface area contributed by atoms with Gasteiger partial charge in [0.2, 0.25) is 0 Å². The quantitative estimate of drug-likeness (QED) is 0.807. The number of aromatic nitrogens is 2. The first kappa shape index (κ1) is 16.7. The first-order valence-corrected chi connectivity index (χ1v) is 7.41. The van der Waals surface area contributed by atoms with Crippen molar-refractivity contribution >= 4 is 5.97 Å². The molecule has 0 aliphatic rings. The van der Waals surface area contributed by atoms with E-state index in [1.54, 1.807) is 6.92 Å². The molecule has 0 unspecified atom stereocenters. The Labute approximate surface area is 134 Å². The van der Waals surface area contributed by atoms with E-state index in [4.69, 9.17) is 4.74 Å².